The number of carbonyl (C=O) groups excluding carboxylic acids is 1. The fourth-order valence-electron chi connectivity index (χ4n) is 1.45. The molecule has 0 aliphatic heterocycles. The number of anilines is 1. The van der Waals surface area contributed by atoms with Gasteiger partial charge in [-0.25, -0.2) is 4.79 Å². The van der Waals surface area contributed by atoms with E-state index in [0.717, 1.165) is 12.1 Å². The molecule has 5 nitrogen and oxygen atoms in total. The quantitative estimate of drug-likeness (QED) is 0.783. The molecule has 1 aromatic rings. The van der Waals surface area contributed by atoms with E-state index < -0.39 is 18.1 Å². The Hall–Kier alpha value is -1.96. The lowest BCUT2D eigenvalue weighted by atomic mass is 10.1. The summed E-state index contributed by atoms with van der Waals surface area (Å²) in [6, 6.07) is 4.09. The van der Waals surface area contributed by atoms with E-state index in [-0.39, 0.29) is 24.3 Å². The van der Waals surface area contributed by atoms with Crippen molar-refractivity contribution in [2.24, 2.45) is 5.92 Å². The Bertz CT molecular complexity index is 480. The number of hydrogen-bond acceptors (Lipinski definition) is 3. The van der Waals surface area contributed by atoms with Gasteiger partial charge in [0.05, 0.1) is 0 Å². The fourth-order valence-corrected chi connectivity index (χ4v) is 1.45. The molecule has 3 N–H and O–H groups in total. The Morgan fingerprint density at radius 2 is 2.05 bits per heavy atom. The van der Waals surface area contributed by atoms with E-state index in [1.54, 1.807) is 13.8 Å². The van der Waals surface area contributed by atoms with Crippen LogP contribution in [-0.2, 0) is 0 Å². The topological polar surface area (TPSA) is 70.6 Å². The van der Waals surface area contributed by atoms with Crippen molar-refractivity contribution < 1.29 is 27.8 Å². The summed E-state index contributed by atoms with van der Waals surface area (Å²) in [5.74, 6) is -0.562. The van der Waals surface area contributed by atoms with Crippen LogP contribution in [0, 0.1) is 5.92 Å². The van der Waals surface area contributed by atoms with E-state index in [1.807, 2.05) is 0 Å². The molecule has 0 radical (unpaired) electrons. The maximum atomic E-state index is 12.1. The Kier molecular flexibility index (Phi) is 5.83. The Labute approximate surface area is 120 Å². The van der Waals surface area contributed by atoms with E-state index >= 15 is 0 Å². The second-order valence-corrected chi connectivity index (χ2v) is 4.62. The first-order valence-electron chi connectivity index (χ1n) is 6.25. The van der Waals surface area contributed by atoms with E-state index in [1.165, 1.54) is 12.1 Å². The molecule has 0 spiro atoms. The van der Waals surface area contributed by atoms with Gasteiger partial charge < -0.3 is 20.5 Å². The molecule has 0 fully saturated rings. The summed E-state index contributed by atoms with van der Waals surface area (Å²) in [5.41, 5.74) is 0.165. The number of aliphatic hydroxyl groups is 1. The predicted octanol–water partition coefficient (Wildman–Crippen LogP) is 2.72. The van der Waals surface area contributed by atoms with Crippen molar-refractivity contribution in [3.8, 4) is 5.75 Å². The first kappa shape index (κ1) is 17.1. The number of nitrogens with one attached hydrogen (secondary N) is 2. The van der Waals surface area contributed by atoms with Gasteiger partial charge in [-0.2, -0.15) is 0 Å². The number of benzene rings is 1. The number of ether oxygens (including phenoxy) is 1. The summed E-state index contributed by atoms with van der Waals surface area (Å²) in [7, 11) is 0. The lowest BCUT2D eigenvalue weighted by Gasteiger charge is -2.19. The number of carbonyl (C=O) groups is 1. The molecule has 21 heavy (non-hydrogen) atoms. The predicted molar refractivity (Wildman–Crippen MR) is 71.0 cm³/mol. The van der Waals surface area contributed by atoms with E-state index in [9.17, 15) is 18.0 Å². The van der Waals surface area contributed by atoms with Crippen LogP contribution in [0.25, 0.3) is 0 Å². The average Bonchev–Trinajstić information content (AvgIpc) is 2.35. The van der Waals surface area contributed by atoms with Crippen LogP contribution in [0.2, 0.25) is 0 Å². The van der Waals surface area contributed by atoms with Crippen LogP contribution in [0.4, 0.5) is 23.7 Å². The smallest absolute Gasteiger partial charge is 0.406 e. The molecule has 118 valence electrons. The van der Waals surface area contributed by atoms with E-state index in [0.29, 0.717) is 0 Å². The summed E-state index contributed by atoms with van der Waals surface area (Å²) in [5, 5.41) is 13.9. The van der Waals surface area contributed by atoms with Crippen molar-refractivity contribution in [2.45, 2.75) is 26.3 Å². The highest BCUT2D eigenvalue weighted by atomic mass is 19.4. The minimum Gasteiger partial charge on any atom is -0.406 e. The number of amides is 2. The number of alkyl halides is 3. The Morgan fingerprint density at radius 3 is 2.62 bits per heavy atom. The summed E-state index contributed by atoms with van der Waals surface area (Å²) in [6.45, 7) is 3.38. The first-order valence-corrected chi connectivity index (χ1v) is 6.25. The highest BCUT2D eigenvalue weighted by Crippen LogP contribution is 2.24. The average molecular weight is 306 g/mol. The number of hydrogen-bond donors (Lipinski definition) is 3. The molecular formula is C13H17F3N2O3. The fraction of sp³-hybridized carbons (Fsp3) is 0.462. The molecule has 0 heterocycles. The Morgan fingerprint density at radius 1 is 1.38 bits per heavy atom. The molecule has 0 aromatic heterocycles. The molecule has 0 aliphatic rings. The van der Waals surface area contributed by atoms with Crippen molar-refractivity contribution in [1.82, 2.24) is 5.32 Å². The van der Waals surface area contributed by atoms with Crippen molar-refractivity contribution >= 4 is 11.7 Å². The number of rotatable bonds is 5. The number of halogens is 3. The summed E-state index contributed by atoms with van der Waals surface area (Å²) in [4.78, 5) is 11.7. The van der Waals surface area contributed by atoms with Crippen LogP contribution in [-0.4, -0.2) is 30.1 Å². The zero-order chi connectivity index (χ0) is 16.0. The minimum absolute atomic E-state index is 0.0869. The van der Waals surface area contributed by atoms with Crippen molar-refractivity contribution in [2.75, 3.05) is 11.9 Å². The van der Waals surface area contributed by atoms with Gasteiger partial charge >= 0.3 is 12.4 Å². The molecule has 0 saturated heterocycles. The lowest BCUT2D eigenvalue weighted by molar-refractivity contribution is -0.274. The van der Waals surface area contributed by atoms with Crippen molar-refractivity contribution in [3.05, 3.63) is 24.3 Å². The van der Waals surface area contributed by atoms with Gasteiger partial charge in [0.15, 0.2) is 0 Å². The molecular weight excluding hydrogens is 289 g/mol. The van der Waals surface area contributed by atoms with Gasteiger partial charge in [-0.05, 0) is 25.0 Å². The molecule has 1 rings (SSSR count). The van der Waals surface area contributed by atoms with Crippen LogP contribution in [0.1, 0.15) is 13.8 Å². The van der Waals surface area contributed by atoms with Gasteiger partial charge in [-0.15, -0.1) is 13.2 Å². The molecule has 8 heteroatoms. The normalized spacial score (nSPS) is 14.2. The second-order valence-electron chi connectivity index (χ2n) is 4.62. The number of urea groups is 1. The van der Waals surface area contributed by atoms with Gasteiger partial charge in [0.2, 0.25) is 0 Å². The molecule has 0 bridgehead atoms. The van der Waals surface area contributed by atoms with Crippen molar-refractivity contribution in [3.63, 3.8) is 0 Å². The third kappa shape index (κ3) is 6.35. The third-order valence-corrected chi connectivity index (χ3v) is 2.83. The van der Waals surface area contributed by atoms with Gasteiger partial charge in [-0.1, -0.05) is 13.0 Å². The van der Waals surface area contributed by atoms with Crippen molar-refractivity contribution in [1.29, 1.82) is 0 Å². The largest absolute Gasteiger partial charge is 0.573 e. The lowest BCUT2D eigenvalue weighted by Crippen LogP contribution is -2.40. The van der Waals surface area contributed by atoms with Gasteiger partial charge in [0, 0.05) is 24.4 Å². The monoisotopic (exact) mass is 306 g/mol. The molecule has 0 aliphatic carbocycles. The number of aliphatic hydroxyl groups excluding tert-OH is 1. The zero-order valence-corrected chi connectivity index (χ0v) is 11.6. The SMILES string of the molecule is CC(CO)C(C)NC(=O)Nc1cccc(OC(F)(F)F)c1. The molecule has 0 saturated carbocycles. The summed E-state index contributed by atoms with van der Waals surface area (Å²) < 4.78 is 40.0. The highest BCUT2D eigenvalue weighted by Gasteiger charge is 2.31. The van der Waals surface area contributed by atoms with E-state index in [4.69, 9.17) is 5.11 Å². The molecule has 2 atom stereocenters. The van der Waals surface area contributed by atoms with Gasteiger partial charge in [0.25, 0.3) is 0 Å². The van der Waals surface area contributed by atoms with Crippen LogP contribution in [0.5, 0.6) is 5.75 Å². The second kappa shape index (κ2) is 7.16. The van der Waals surface area contributed by atoms with Crippen LogP contribution >= 0.6 is 0 Å². The van der Waals surface area contributed by atoms with Crippen LogP contribution in [0.15, 0.2) is 24.3 Å². The first-order chi connectivity index (χ1) is 9.71. The molecule has 2 amide bonds. The van der Waals surface area contributed by atoms with Crippen LogP contribution < -0.4 is 15.4 Å². The van der Waals surface area contributed by atoms with Crippen LogP contribution in [0.3, 0.4) is 0 Å². The Balaban J connectivity index is 2.62. The maximum absolute atomic E-state index is 12.1. The standard InChI is InChI=1S/C13H17F3N2O3/c1-8(7-19)9(2)17-12(20)18-10-4-3-5-11(6-10)21-13(14,15)16/h3-6,8-9,19H,7H2,1-2H3,(H2,17,18,20). The van der Waals surface area contributed by atoms with Gasteiger partial charge in [-0.3, -0.25) is 0 Å². The molecule has 1 aromatic carbocycles. The highest BCUT2D eigenvalue weighted by molar-refractivity contribution is 5.89. The molecule has 2 unspecified atom stereocenters. The maximum Gasteiger partial charge on any atom is 0.573 e. The minimum atomic E-state index is -4.79. The van der Waals surface area contributed by atoms with Gasteiger partial charge in [0.1, 0.15) is 5.75 Å². The third-order valence-electron chi connectivity index (χ3n) is 2.83. The summed E-state index contributed by atoms with van der Waals surface area (Å²) in [6.07, 6.45) is -4.79. The van der Waals surface area contributed by atoms with E-state index in [2.05, 4.69) is 15.4 Å². The zero-order valence-electron chi connectivity index (χ0n) is 11.6. The summed E-state index contributed by atoms with van der Waals surface area (Å²) >= 11 is 0.